The highest BCUT2D eigenvalue weighted by atomic mass is 19.3. The summed E-state index contributed by atoms with van der Waals surface area (Å²) in [5, 5.41) is 22.2. The van der Waals surface area contributed by atoms with Crippen LogP contribution in [0, 0.1) is 12.8 Å². The van der Waals surface area contributed by atoms with Crippen LogP contribution in [0.1, 0.15) is 17.5 Å². The maximum Gasteiger partial charge on any atom is 0.272 e. The van der Waals surface area contributed by atoms with Crippen molar-refractivity contribution in [2.45, 2.75) is 31.7 Å². The van der Waals surface area contributed by atoms with Crippen molar-refractivity contribution in [2.24, 2.45) is 5.92 Å². The van der Waals surface area contributed by atoms with Crippen molar-refractivity contribution in [3.63, 3.8) is 0 Å². The molecule has 1 aliphatic heterocycles. The number of aryl methyl sites for hydroxylation is 1. The summed E-state index contributed by atoms with van der Waals surface area (Å²) in [5.41, 5.74) is 2.09. The van der Waals surface area contributed by atoms with Crippen molar-refractivity contribution >= 4 is 17.6 Å². The smallest absolute Gasteiger partial charge is 0.272 e. The Morgan fingerprint density at radius 1 is 1.33 bits per heavy atom. The molecular formula is C20H21F2N6O2-. The van der Waals surface area contributed by atoms with E-state index in [9.17, 15) is 9.90 Å². The Balaban J connectivity index is 1.54. The van der Waals surface area contributed by atoms with Crippen LogP contribution in [-0.4, -0.2) is 55.6 Å². The predicted octanol–water partition coefficient (Wildman–Crippen LogP) is 1.76. The number of carbonyl (C=O) groups excluding carboxylic acids is 1. The number of hydrogen-bond acceptors (Lipinski definition) is 6. The fourth-order valence-electron chi connectivity index (χ4n) is 3.88. The molecule has 10 heteroatoms. The van der Waals surface area contributed by atoms with Crippen molar-refractivity contribution in [1.82, 2.24) is 24.5 Å². The van der Waals surface area contributed by atoms with Gasteiger partial charge in [-0.1, -0.05) is 29.8 Å². The number of hydrogen-bond donors (Lipinski definition) is 1. The highest BCUT2D eigenvalue weighted by Crippen LogP contribution is 2.39. The SMILES string of the molecule is Cc1ccc(C[C@H]2N(C(=O)[O-])CCC(CNc3nccn4cnnc34)C2(F)F)cc1. The van der Waals surface area contributed by atoms with E-state index >= 15 is 8.78 Å². The third-order valence-electron chi connectivity index (χ3n) is 5.60. The fourth-order valence-corrected chi connectivity index (χ4v) is 3.88. The molecule has 3 heterocycles. The van der Waals surface area contributed by atoms with Crippen LogP contribution in [0.25, 0.3) is 5.65 Å². The molecule has 0 spiro atoms. The number of rotatable bonds is 5. The molecule has 30 heavy (non-hydrogen) atoms. The second kappa shape index (κ2) is 7.85. The summed E-state index contributed by atoms with van der Waals surface area (Å²) in [5.74, 6) is -3.98. The number of nitrogens with one attached hydrogen (secondary N) is 1. The van der Waals surface area contributed by atoms with E-state index in [1.807, 2.05) is 19.1 Å². The molecule has 1 amide bonds. The minimum Gasteiger partial charge on any atom is -0.530 e. The Hall–Kier alpha value is -3.30. The highest BCUT2D eigenvalue weighted by molar-refractivity contribution is 5.64. The maximum absolute atomic E-state index is 15.4. The van der Waals surface area contributed by atoms with Gasteiger partial charge in [0.1, 0.15) is 12.4 Å². The lowest BCUT2D eigenvalue weighted by molar-refractivity contribution is -0.279. The van der Waals surface area contributed by atoms with Gasteiger partial charge in [-0.3, -0.25) is 4.40 Å². The first-order chi connectivity index (χ1) is 14.4. The van der Waals surface area contributed by atoms with Crippen LogP contribution in [0.5, 0.6) is 0 Å². The van der Waals surface area contributed by atoms with E-state index in [-0.39, 0.29) is 25.9 Å². The first-order valence-electron chi connectivity index (χ1n) is 9.65. The number of alkyl halides is 2. The molecule has 1 fully saturated rings. The van der Waals surface area contributed by atoms with E-state index in [0.717, 1.165) is 10.5 Å². The summed E-state index contributed by atoms with van der Waals surface area (Å²) in [6.45, 7) is 1.82. The second-order valence-corrected chi connectivity index (χ2v) is 7.54. The molecule has 158 valence electrons. The number of carbonyl (C=O) groups is 1. The third kappa shape index (κ3) is 3.77. The summed E-state index contributed by atoms with van der Waals surface area (Å²) in [6.07, 6.45) is 3.02. The Kier molecular flexibility index (Phi) is 5.23. The standard InChI is InChI=1S/C20H22F2N6O2/c1-13-2-4-14(5-3-13)10-16-20(21,22)15(6-8-28(16)19(29)30)11-24-17-18-26-25-12-27(18)9-7-23-17/h2-5,7,9,12,15-16H,6,8,10-11H2,1H3,(H,23,24)(H,29,30)/p-1/t15?,16-/m1/s1. The van der Waals surface area contributed by atoms with Gasteiger partial charge in [-0.25, -0.2) is 13.8 Å². The van der Waals surface area contributed by atoms with Crippen LogP contribution in [0.2, 0.25) is 0 Å². The van der Waals surface area contributed by atoms with Gasteiger partial charge < -0.3 is 20.1 Å². The molecule has 1 unspecified atom stereocenters. The molecule has 0 radical (unpaired) electrons. The van der Waals surface area contributed by atoms with Gasteiger partial charge in [0.2, 0.25) is 5.65 Å². The Morgan fingerprint density at radius 3 is 2.83 bits per heavy atom. The number of aromatic nitrogens is 4. The third-order valence-corrected chi connectivity index (χ3v) is 5.60. The fraction of sp³-hybridized carbons (Fsp3) is 0.400. The normalized spacial score (nSPS) is 21.0. The molecule has 1 aromatic carbocycles. The molecule has 1 N–H and O–H groups in total. The van der Waals surface area contributed by atoms with E-state index in [1.54, 1.807) is 22.7 Å². The average molecular weight is 415 g/mol. The lowest BCUT2D eigenvalue weighted by Crippen LogP contribution is -2.63. The molecule has 1 aliphatic rings. The zero-order valence-corrected chi connectivity index (χ0v) is 16.3. The van der Waals surface area contributed by atoms with Crippen molar-refractivity contribution in [3.05, 3.63) is 54.1 Å². The number of amides is 1. The van der Waals surface area contributed by atoms with Gasteiger partial charge in [-0.2, -0.15) is 0 Å². The quantitative estimate of drug-likeness (QED) is 0.682. The van der Waals surface area contributed by atoms with Crippen molar-refractivity contribution in [1.29, 1.82) is 0 Å². The number of likely N-dealkylation sites (tertiary alicyclic amines) is 1. The van der Waals surface area contributed by atoms with Crippen molar-refractivity contribution < 1.29 is 18.7 Å². The van der Waals surface area contributed by atoms with Gasteiger partial charge in [0, 0.05) is 31.4 Å². The van der Waals surface area contributed by atoms with Gasteiger partial charge in [-0.15, -0.1) is 10.2 Å². The van der Waals surface area contributed by atoms with E-state index in [1.165, 1.54) is 12.5 Å². The van der Waals surface area contributed by atoms with Gasteiger partial charge >= 0.3 is 0 Å². The second-order valence-electron chi connectivity index (χ2n) is 7.54. The van der Waals surface area contributed by atoms with E-state index in [2.05, 4.69) is 20.5 Å². The molecule has 0 aliphatic carbocycles. The van der Waals surface area contributed by atoms with Crippen LogP contribution in [0.15, 0.2) is 43.0 Å². The molecule has 3 aromatic rings. The molecule has 4 rings (SSSR count). The van der Waals surface area contributed by atoms with Gasteiger partial charge in [0.25, 0.3) is 5.92 Å². The topological polar surface area (TPSA) is 98.5 Å². The van der Waals surface area contributed by atoms with Crippen molar-refractivity contribution in [3.8, 4) is 0 Å². The first kappa shape index (κ1) is 20.0. The monoisotopic (exact) mass is 415 g/mol. The number of fused-ring (bicyclic) bond motifs is 1. The number of benzene rings is 1. The summed E-state index contributed by atoms with van der Waals surface area (Å²) in [4.78, 5) is 16.5. The summed E-state index contributed by atoms with van der Waals surface area (Å²) in [7, 11) is 0. The number of anilines is 1. The molecule has 2 aromatic heterocycles. The number of halogens is 2. The zero-order chi connectivity index (χ0) is 21.3. The molecular weight excluding hydrogens is 394 g/mol. The van der Waals surface area contributed by atoms with Gasteiger partial charge in [0.05, 0.1) is 6.04 Å². The van der Waals surface area contributed by atoms with Gasteiger partial charge in [0.15, 0.2) is 5.82 Å². The van der Waals surface area contributed by atoms with E-state index in [0.29, 0.717) is 17.0 Å². The van der Waals surface area contributed by atoms with Crippen LogP contribution in [0.3, 0.4) is 0 Å². The lowest BCUT2D eigenvalue weighted by Gasteiger charge is -2.46. The van der Waals surface area contributed by atoms with Crippen LogP contribution >= 0.6 is 0 Å². The van der Waals surface area contributed by atoms with Crippen LogP contribution < -0.4 is 10.4 Å². The molecule has 0 saturated carbocycles. The molecule has 8 nitrogen and oxygen atoms in total. The Morgan fingerprint density at radius 2 is 2.10 bits per heavy atom. The van der Waals surface area contributed by atoms with E-state index in [4.69, 9.17) is 0 Å². The predicted molar refractivity (Wildman–Crippen MR) is 103 cm³/mol. The van der Waals surface area contributed by atoms with Gasteiger partial charge in [-0.05, 0) is 25.3 Å². The maximum atomic E-state index is 15.4. The molecule has 1 saturated heterocycles. The number of piperidine rings is 1. The Bertz CT molecular complexity index is 1040. The largest absolute Gasteiger partial charge is 0.530 e. The Labute approximate surface area is 171 Å². The number of carboxylic acid groups (broad SMARTS) is 1. The van der Waals surface area contributed by atoms with Crippen molar-refractivity contribution in [2.75, 3.05) is 18.4 Å². The minimum absolute atomic E-state index is 0.00812. The summed E-state index contributed by atoms with van der Waals surface area (Å²) >= 11 is 0. The lowest BCUT2D eigenvalue weighted by atomic mass is 9.83. The van der Waals surface area contributed by atoms with Crippen LogP contribution in [-0.2, 0) is 6.42 Å². The summed E-state index contributed by atoms with van der Waals surface area (Å²) < 4.78 is 32.5. The number of nitrogens with zero attached hydrogens (tertiary/aromatic N) is 5. The van der Waals surface area contributed by atoms with Crippen LogP contribution in [0.4, 0.5) is 19.4 Å². The zero-order valence-electron chi connectivity index (χ0n) is 16.3. The average Bonchev–Trinajstić information content (AvgIpc) is 3.19. The minimum atomic E-state index is -3.26. The molecule has 0 bridgehead atoms. The summed E-state index contributed by atoms with van der Waals surface area (Å²) in [6, 6.07) is 5.64. The van der Waals surface area contributed by atoms with E-state index < -0.39 is 24.0 Å². The first-order valence-corrected chi connectivity index (χ1v) is 9.65. The highest BCUT2D eigenvalue weighted by Gasteiger charge is 2.52. The molecule has 2 atom stereocenters.